The maximum atomic E-state index is 6.25. The normalized spacial score (nSPS) is 10.9. The zero-order valence-corrected chi connectivity index (χ0v) is 16.5. The first-order valence-corrected chi connectivity index (χ1v) is 9.23. The molecule has 0 spiro atoms. The molecule has 2 aromatic carbocycles. The number of benzene rings is 2. The Hall–Kier alpha value is -2.60. The van der Waals surface area contributed by atoms with Gasteiger partial charge in [0.2, 0.25) is 0 Å². The SMILES string of the molecule is CCc1ccc(N)c(-c2n[nH]c(=S)n2-c2ccc(CC)c(N(C)C)c2)c1. The van der Waals surface area contributed by atoms with Gasteiger partial charge in [0.15, 0.2) is 10.6 Å². The molecule has 3 N–H and O–H groups in total. The third kappa shape index (κ3) is 3.24. The summed E-state index contributed by atoms with van der Waals surface area (Å²) in [6.07, 6.45) is 1.91. The highest BCUT2D eigenvalue weighted by Gasteiger charge is 2.15. The minimum Gasteiger partial charge on any atom is -0.398 e. The monoisotopic (exact) mass is 367 g/mol. The summed E-state index contributed by atoms with van der Waals surface area (Å²) in [6, 6.07) is 12.4. The lowest BCUT2D eigenvalue weighted by atomic mass is 10.1. The first kappa shape index (κ1) is 18.2. The third-order valence-corrected chi connectivity index (χ3v) is 4.90. The summed E-state index contributed by atoms with van der Waals surface area (Å²) in [5.74, 6) is 0.733. The van der Waals surface area contributed by atoms with E-state index in [0.717, 1.165) is 29.9 Å². The average Bonchev–Trinajstić information content (AvgIpc) is 3.02. The van der Waals surface area contributed by atoms with Crippen molar-refractivity contribution in [2.45, 2.75) is 26.7 Å². The molecule has 3 rings (SSSR count). The van der Waals surface area contributed by atoms with Crippen LogP contribution in [0.5, 0.6) is 0 Å². The Morgan fingerprint density at radius 1 is 1.12 bits per heavy atom. The van der Waals surface area contributed by atoms with Crippen LogP contribution in [-0.2, 0) is 12.8 Å². The molecule has 0 aliphatic heterocycles. The molecule has 1 heterocycles. The van der Waals surface area contributed by atoms with Gasteiger partial charge in [0.1, 0.15) is 0 Å². The zero-order chi connectivity index (χ0) is 18.8. The average molecular weight is 368 g/mol. The van der Waals surface area contributed by atoms with Crippen molar-refractivity contribution in [1.82, 2.24) is 14.8 Å². The van der Waals surface area contributed by atoms with Crippen molar-refractivity contribution in [2.75, 3.05) is 24.7 Å². The van der Waals surface area contributed by atoms with E-state index in [9.17, 15) is 0 Å². The standard InChI is InChI=1S/C20H25N5S/c1-5-13-7-10-17(21)16(11-13)19-22-23-20(26)25(19)15-9-8-14(6-2)18(12-15)24(3)4/h7-12H,5-6,21H2,1-4H3,(H,23,26). The summed E-state index contributed by atoms with van der Waals surface area (Å²) >= 11 is 5.52. The molecule has 0 radical (unpaired) electrons. The first-order valence-electron chi connectivity index (χ1n) is 8.83. The minimum absolute atomic E-state index is 0.551. The second-order valence-corrected chi connectivity index (χ2v) is 6.91. The minimum atomic E-state index is 0.551. The quantitative estimate of drug-likeness (QED) is 0.519. The Morgan fingerprint density at radius 3 is 2.54 bits per heavy atom. The van der Waals surface area contributed by atoms with Crippen molar-refractivity contribution in [3.05, 3.63) is 52.3 Å². The van der Waals surface area contributed by atoms with E-state index in [1.807, 2.05) is 16.7 Å². The highest BCUT2D eigenvalue weighted by molar-refractivity contribution is 7.71. The smallest absolute Gasteiger partial charge is 0.200 e. The third-order valence-electron chi connectivity index (χ3n) is 4.63. The maximum absolute atomic E-state index is 6.25. The number of aromatic nitrogens is 3. The lowest BCUT2D eigenvalue weighted by Crippen LogP contribution is -2.12. The van der Waals surface area contributed by atoms with Crippen LogP contribution in [0.4, 0.5) is 11.4 Å². The Morgan fingerprint density at radius 2 is 1.88 bits per heavy atom. The van der Waals surface area contributed by atoms with Crippen molar-refractivity contribution >= 4 is 23.6 Å². The van der Waals surface area contributed by atoms with Crippen molar-refractivity contribution in [2.24, 2.45) is 0 Å². The molecule has 5 nitrogen and oxygen atoms in total. The summed E-state index contributed by atoms with van der Waals surface area (Å²) < 4.78 is 2.50. The fourth-order valence-electron chi connectivity index (χ4n) is 3.14. The molecule has 0 aliphatic carbocycles. The van der Waals surface area contributed by atoms with E-state index in [0.29, 0.717) is 10.5 Å². The molecule has 0 amide bonds. The summed E-state index contributed by atoms with van der Waals surface area (Å²) in [7, 11) is 4.10. The number of H-pyrrole nitrogens is 1. The van der Waals surface area contributed by atoms with E-state index < -0.39 is 0 Å². The molecule has 3 aromatic rings. The summed E-state index contributed by atoms with van der Waals surface area (Å²) in [6.45, 7) is 4.28. The van der Waals surface area contributed by atoms with E-state index in [-0.39, 0.29) is 0 Å². The van der Waals surface area contributed by atoms with Gasteiger partial charge in [-0.3, -0.25) is 9.67 Å². The number of aryl methyl sites for hydroxylation is 2. The molecule has 0 saturated carbocycles. The number of nitrogens with one attached hydrogen (secondary N) is 1. The second kappa shape index (κ2) is 7.33. The summed E-state index contributed by atoms with van der Waals surface area (Å²) in [4.78, 5) is 2.12. The van der Waals surface area contributed by atoms with Gasteiger partial charge in [0.25, 0.3) is 0 Å². The van der Waals surface area contributed by atoms with Crippen molar-refractivity contribution in [3.8, 4) is 17.1 Å². The predicted molar refractivity (Wildman–Crippen MR) is 112 cm³/mol. The van der Waals surface area contributed by atoms with Crippen molar-refractivity contribution in [1.29, 1.82) is 0 Å². The van der Waals surface area contributed by atoms with Crippen LogP contribution in [0, 0.1) is 4.77 Å². The maximum Gasteiger partial charge on any atom is 0.200 e. The van der Waals surface area contributed by atoms with E-state index in [1.54, 1.807) is 0 Å². The Kier molecular flexibility index (Phi) is 5.13. The highest BCUT2D eigenvalue weighted by Crippen LogP contribution is 2.30. The van der Waals surface area contributed by atoms with Gasteiger partial charge in [0, 0.05) is 31.0 Å². The molecule has 136 valence electrons. The van der Waals surface area contributed by atoms with Crippen LogP contribution in [0.3, 0.4) is 0 Å². The Bertz CT molecular complexity index is 984. The lowest BCUT2D eigenvalue weighted by Gasteiger charge is -2.19. The topological polar surface area (TPSA) is 62.9 Å². The van der Waals surface area contributed by atoms with E-state index in [2.05, 4.69) is 67.3 Å². The molecular formula is C20H25N5S. The fourth-order valence-corrected chi connectivity index (χ4v) is 3.38. The molecule has 0 unspecified atom stereocenters. The van der Waals surface area contributed by atoms with Gasteiger partial charge < -0.3 is 10.6 Å². The van der Waals surface area contributed by atoms with Gasteiger partial charge >= 0.3 is 0 Å². The van der Waals surface area contributed by atoms with Gasteiger partial charge in [-0.1, -0.05) is 26.0 Å². The summed E-state index contributed by atoms with van der Waals surface area (Å²) in [5, 5.41) is 7.39. The number of aromatic amines is 1. The molecule has 26 heavy (non-hydrogen) atoms. The molecule has 0 bridgehead atoms. The molecule has 0 aliphatic rings. The molecule has 0 fully saturated rings. The van der Waals surface area contributed by atoms with Crippen LogP contribution in [0.25, 0.3) is 17.1 Å². The second-order valence-electron chi connectivity index (χ2n) is 6.52. The number of nitrogens with two attached hydrogens (primary N) is 1. The first-order chi connectivity index (χ1) is 12.5. The van der Waals surface area contributed by atoms with Gasteiger partial charge in [-0.05, 0) is 60.5 Å². The van der Waals surface area contributed by atoms with Gasteiger partial charge in [-0.15, -0.1) is 0 Å². The number of nitrogens with zero attached hydrogens (tertiary/aromatic N) is 3. The number of anilines is 2. The van der Waals surface area contributed by atoms with Gasteiger partial charge in [-0.25, -0.2) is 0 Å². The van der Waals surface area contributed by atoms with Crippen LogP contribution in [-0.4, -0.2) is 28.9 Å². The van der Waals surface area contributed by atoms with Crippen molar-refractivity contribution in [3.63, 3.8) is 0 Å². The van der Waals surface area contributed by atoms with Crippen molar-refractivity contribution < 1.29 is 0 Å². The van der Waals surface area contributed by atoms with E-state index in [1.165, 1.54) is 16.8 Å². The number of hydrogen-bond acceptors (Lipinski definition) is 4. The molecule has 0 atom stereocenters. The predicted octanol–water partition coefficient (Wildman–Crippen LogP) is 4.37. The van der Waals surface area contributed by atoms with Crippen LogP contribution >= 0.6 is 12.2 Å². The summed E-state index contributed by atoms with van der Waals surface area (Å²) in [5.41, 5.74) is 12.5. The van der Waals surface area contributed by atoms with E-state index >= 15 is 0 Å². The molecular weight excluding hydrogens is 342 g/mol. The number of nitrogen functional groups attached to an aromatic ring is 1. The molecule has 0 saturated heterocycles. The van der Waals surface area contributed by atoms with Gasteiger partial charge in [0.05, 0.1) is 5.69 Å². The van der Waals surface area contributed by atoms with Crippen LogP contribution in [0.2, 0.25) is 0 Å². The molecule has 1 aromatic heterocycles. The fraction of sp³-hybridized carbons (Fsp3) is 0.300. The largest absolute Gasteiger partial charge is 0.398 e. The van der Waals surface area contributed by atoms with E-state index in [4.69, 9.17) is 18.0 Å². The Labute approximate surface area is 159 Å². The molecule has 6 heteroatoms. The number of hydrogen-bond donors (Lipinski definition) is 2. The lowest BCUT2D eigenvalue weighted by molar-refractivity contribution is 1.01. The number of rotatable bonds is 5. The van der Waals surface area contributed by atoms with Gasteiger partial charge in [-0.2, -0.15) is 5.10 Å². The van der Waals surface area contributed by atoms with Crippen LogP contribution in [0.1, 0.15) is 25.0 Å². The Balaban J connectivity index is 2.22. The van der Waals surface area contributed by atoms with Crippen LogP contribution < -0.4 is 10.6 Å². The zero-order valence-electron chi connectivity index (χ0n) is 15.7. The van der Waals surface area contributed by atoms with Crippen LogP contribution in [0.15, 0.2) is 36.4 Å². The highest BCUT2D eigenvalue weighted by atomic mass is 32.1.